The number of ether oxygens (including phenoxy) is 2. The fraction of sp³-hybridized carbons (Fsp3) is 0.571. The molecule has 1 N–H and O–H groups in total. The lowest BCUT2D eigenvalue weighted by atomic mass is 9.99. The van der Waals surface area contributed by atoms with E-state index >= 15 is 0 Å². The maximum Gasteiger partial charge on any atom is 0.119 e. The summed E-state index contributed by atoms with van der Waals surface area (Å²) in [4.78, 5) is 0. The van der Waals surface area contributed by atoms with Gasteiger partial charge in [0, 0.05) is 20.1 Å². The third kappa shape index (κ3) is 5.71. The van der Waals surface area contributed by atoms with Gasteiger partial charge in [-0.1, -0.05) is 25.1 Å². The van der Waals surface area contributed by atoms with Gasteiger partial charge in [0.25, 0.3) is 0 Å². The van der Waals surface area contributed by atoms with Crippen LogP contribution in [0, 0.1) is 5.92 Å². The molecule has 0 saturated carbocycles. The Morgan fingerprint density at radius 2 is 1.82 bits per heavy atom. The van der Waals surface area contributed by atoms with Crippen LogP contribution in [0.5, 0.6) is 5.75 Å². The van der Waals surface area contributed by atoms with Gasteiger partial charge in [0.05, 0.1) is 12.7 Å². The Morgan fingerprint density at radius 3 is 2.47 bits per heavy atom. The van der Waals surface area contributed by atoms with Crippen molar-refractivity contribution in [2.24, 2.45) is 5.92 Å². The van der Waals surface area contributed by atoms with Gasteiger partial charge in [-0.15, -0.1) is 0 Å². The molecule has 96 valence electrons. The monoisotopic (exact) mass is 238 g/mol. The van der Waals surface area contributed by atoms with Crippen LogP contribution >= 0.6 is 0 Å². The third-order valence-electron chi connectivity index (χ3n) is 2.86. The number of methoxy groups -OCH3 is 1. The molecule has 0 spiro atoms. The topological polar surface area (TPSA) is 38.7 Å². The lowest BCUT2D eigenvalue weighted by Gasteiger charge is -2.18. The Labute approximate surface area is 103 Å². The first-order valence-corrected chi connectivity index (χ1v) is 6.09. The Morgan fingerprint density at radius 1 is 1.12 bits per heavy atom. The summed E-state index contributed by atoms with van der Waals surface area (Å²) in [6.45, 7) is 3.27. The van der Waals surface area contributed by atoms with Crippen LogP contribution in [0.4, 0.5) is 0 Å². The minimum atomic E-state index is -0.325. The van der Waals surface area contributed by atoms with E-state index in [4.69, 9.17) is 9.47 Å². The highest BCUT2D eigenvalue weighted by Crippen LogP contribution is 2.13. The second kappa shape index (κ2) is 8.09. The van der Waals surface area contributed by atoms with Gasteiger partial charge < -0.3 is 14.6 Å². The van der Waals surface area contributed by atoms with Crippen LogP contribution in [0.1, 0.15) is 19.8 Å². The number of aliphatic hydroxyl groups excluding tert-OH is 1. The fourth-order valence-corrected chi connectivity index (χ4v) is 1.59. The zero-order valence-corrected chi connectivity index (χ0v) is 10.6. The summed E-state index contributed by atoms with van der Waals surface area (Å²) in [6.07, 6.45) is 1.21. The Bertz CT molecular complexity index is 287. The second-order valence-corrected chi connectivity index (χ2v) is 4.28. The van der Waals surface area contributed by atoms with Crippen molar-refractivity contribution in [1.29, 1.82) is 0 Å². The lowest BCUT2D eigenvalue weighted by Crippen LogP contribution is -2.21. The summed E-state index contributed by atoms with van der Waals surface area (Å²) < 4.78 is 10.5. The van der Waals surface area contributed by atoms with E-state index in [0.717, 1.165) is 12.2 Å². The molecule has 0 aliphatic heterocycles. The first-order chi connectivity index (χ1) is 8.24. The van der Waals surface area contributed by atoms with Gasteiger partial charge in [0.2, 0.25) is 0 Å². The average Bonchev–Trinajstić information content (AvgIpc) is 2.37. The molecule has 0 saturated heterocycles. The average molecular weight is 238 g/mol. The first kappa shape index (κ1) is 14.0. The largest absolute Gasteiger partial charge is 0.493 e. The molecule has 2 unspecified atom stereocenters. The molecule has 0 bridgehead atoms. The summed E-state index contributed by atoms with van der Waals surface area (Å²) in [6, 6.07) is 9.66. The molecule has 1 rings (SSSR count). The molecule has 1 aromatic carbocycles. The highest BCUT2D eigenvalue weighted by atomic mass is 16.5. The molecule has 0 aromatic heterocycles. The summed E-state index contributed by atoms with van der Waals surface area (Å²) >= 11 is 0. The zero-order chi connectivity index (χ0) is 12.5. The summed E-state index contributed by atoms with van der Waals surface area (Å²) in [5.74, 6) is 1.10. The van der Waals surface area contributed by atoms with Gasteiger partial charge in [-0.05, 0) is 24.5 Å². The van der Waals surface area contributed by atoms with E-state index < -0.39 is 0 Å². The van der Waals surface area contributed by atoms with Crippen LogP contribution in [-0.2, 0) is 4.74 Å². The number of hydrogen-bond donors (Lipinski definition) is 1. The zero-order valence-electron chi connectivity index (χ0n) is 10.6. The number of rotatable bonds is 8. The predicted molar refractivity (Wildman–Crippen MR) is 68.2 cm³/mol. The molecule has 0 aliphatic rings. The van der Waals surface area contributed by atoms with Crippen molar-refractivity contribution in [1.82, 2.24) is 0 Å². The van der Waals surface area contributed by atoms with Crippen molar-refractivity contribution in [3.63, 3.8) is 0 Å². The summed E-state index contributed by atoms with van der Waals surface area (Å²) in [5, 5.41) is 9.89. The molecule has 17 heavy (non-hydrogen) atoms. The van der Waals surface area contributed by atoms with Crippen molar-refractivity contribution in [2.75, 3.05) is 20.3 Å². The maximum absolute atomic E-state index is 9.89. The van der Waals surface area contributed by atoms with Crippen LogP contribution in [0.3, 0.4) is 0 Å². The van der Waals surface area contributed by atoms with Gasteiger partial charge in [0.1, 0.15) is 5.75 Å². The van der Waals surface area contributed by atoms with E-state index in [0.29, 0.717) is 19.6 Å². The molecular weight excluding hydrogens is 216 g/mol. The molecule has 0 heterocycles. The smallest absolute Gasteiger partial charge is 0.119 e. The van der Waals surface area contributed by atoms with E-state index in [1.54, 1.807) is 7.11 Å². The van der Waals surface area contributed by atoms with Gasteiger partial charge in [0.15, 0.2) is 0 Å². The minimum Gasteiger partial charge on any atom is -0.493 e. The number of benzene rings is 1. The van der Waals surface area contributed by atoms with Gasteiger partial charge in [-0.25, -0.2) is 0 Å². The molecule has 2 atom stereocenters. The SMILES string of the molecule is COCCC(C)C(O)CCOc1ccccc1. The van der Waals surface area contributed by atoms with E-state index in [1.165, 1.54) is 0 Å². The number of aliphatic hydroxyl groups is 1. The highest BCUT2D eigenvalue weighted by molar-refractivity contribution is 5.20. The Hall–Kier alpha value is -1.06. The molecule has 1 aromatic rings. The fourth-order valence-electron chi connectivity index (χ4n) is 1.59. The van der Waals surface area contributed by atoms with Crippen molar-refractivity contribution >= 4 is 0 Å². The Balaban J connectivity index is 2.17. The molecule has 0 amide bonds. The van der Waals surface area contributed by atoms with Crippen LogP contribution in [0.15, 0.2) is 30.3 Å². The van der Waals surface area contributed by atoms with Crippen molar-refractivity contribution < 1.29 is 14.6 Å². The molecular formula is C14H22O3. The summed E-state index contributed by atoms with van der Waals surface area (Å²) in [5.41, 5.74) is 0. The van der Waals surface area contributed by atoms with E-state index in [9.17, 15) is 5.11 Å². The van der Waals surface area contributed by atoms with Crippen molar-refractivity contribution in [2.45, 2.75) is 25.9 Å². The Kier molecular flexibility index (Phi) is 6.67. The molecule has 0 radical (unpaired) electrons. The van der Waals surface area contributed by atoms with E-state index in [1.807, 2.05) is 37.3 Å². The van der Waals surface area contributed by atoms with Crippen LogP contribution in [0.25, 0.3) is 0 Å². The molecule has 0 fully saturated rings. The van der Waals surface area contributed by atoms with E-state index in [-0.39, 0.29) is 12.0 Å². The predicted octanol–water partition coefficient (Wildman–Crippen LogP) is 2.49. The standard InChI is InChI=1S/C14H22O3/c1-12(8-10-16-2)14(15)9-11-17-13-6-4-3-5-7-13/h3-7,12,14-15H,8-11H2,1-2H3. The first-order valence-electron chi connectivity index (χ1n) is 6.09. The second-order valence-electron chi connectivity index (χ2n) is 4.28. The van der Waals surface area contributed by atoms with E-state index in [2.05, 4.69) is 0 Å². The van der Waals surface area contributed by atoms with Gasteiger partial charge in [-0.3, -0.25) is 0 Å². The van der Waals surface area contributed by atoms with Crippen molar-refractivity contribution in [3.05, 3.63) is 30.3 Å². The van der Waals surface area contributed by atoms with Gasteiger partial charge >= 0.3 is 0 Å². The molecule has 3 nitrogen and oxygen atoms in total. The molecule has 0 aliphatic carbocycles. The minimum absolute atomic E-state index is 0.245. The van der Waals surface area contributed by atoms with Crippen LogP contribution < -0.4 is 4.74 Å². The highest BCUT2D eigenvalue weighted by Gasteiger charge is 2.13. The van der Waals surface area contributed by atoms with Crippen LogP contribution in [-0.4, -0.2) is 31.5 Å². The third-order valence-corrected chi connectivity index (χ3v) is 2.86. The van der Waals surface area contributed by atoms with Gasteiger partial charge in [-0.2, -0.15) is 0 Å². The maximum atomic E-state index is 9.89. The summed E-state index contributed by atoms with van der Waals surface area (Å²) in [7, 11) is 1.68. The van der Waals surface area contributed by atoms with Crippen LogP contribution in [0.2, 0.25) is 0 Å². The number of para-hydroxylation sites is 1. The van der Waals surface area contributed by atoms with Crippen molar-refractivity contribution in [3.8, 4) is 5.75 Å². The molecule has 3 heteroatoms. The normalized spacial score (nSPS) is 14.3. The lowest BCUT2D eigenvalue weighted by molar-refractivity contribution is 0.0699. The quantitative estimate of drug-likeness (QED) is 0.756. The number of hydrogen-bond acceptors (Lipinski definition) is 3.